The van der Waals surface area contributed by atoms with Crippen molar-refractivity contribution < 1.29 is 14.3 Å². The van der Waals surface area contributed by atoms with Crippen LogP contribution < -0.4 is 19.9 Å². The van der Waals surface area contributed by atoms with Crippen molar-refractivity contribution in [3.63, 3.8) is 0 Å². The van der Waals surface area contributed by atoms with Gasteiger partial charge < -0.3 is 14.4 Å². The highest BCUT2D eigenvalue weighted by Crippen LogP contribution is 2.32. The van der Waals surface area contributed by atoms with Crippen LogP contribution in [0.3, 0.4) is 0 Å². The maximum absolute atomic E-state index is 12.9. The van der Waals surface area contributed by atoms with Gasteiger partial charge in [0.25, 0.3) is 5.56 Å². The van der Waals surface area contributed by atoms with Crippen molar-refractivity contribution >= 4 is 11.6 Å². The standard InChI is InChI=1S/C22H21N3O4/c1-28-16-7-9-20(29-2)17(13-16)18-8-10-21(26)25(23-18)14-22(27)24-12-11-15-5-3-4-6-19(15)24/h3-10,13H,11-12,14H2,1-2H3. The van der Waals surface area contributed by atoms with Crippen molar-refractivity contribution in [2.45, 2.75) is 13.0 Å². The number of amides is 1. The summed E-state index contributed by atoms with van der Waals surface area (Å²) in [6.45, 7) is 0.476. The van der Waals surface area contributed by atoms with Gasteiger partial charge in [-0.1, -0.05) is 18.2 Å². The number of carbonyl (C=O) groups is 1. The normalized spacial score (nSPS) is 12.6. The van der Waals surface area contributed by atoms with Crippen LogP contribution in [0.25, 0.3) is 11.3 Å². The smallest absolute Gasteiger partial charge is 0.267 e. The molecule has 148 valence electrons. The summed E-state index contributed by atoms with van der Waals surface area (Å²) < 4.78 is 11.9. The first-order valence-corrected chi connectivity index (χ1v) is 9.29. The van der Waals surface area contributed by atoms with Crippen LogP contribution in [0, 0.1) is 0 Å². The number of hydrogen-bond acceptors (Lipinski definition) is 5. The first kappa shape index (κ1) is 18.7. The van der Waals surface area contributed by atoms with Crippen molar-refractivity contribution in [3.8, 4) is 22.8 Å². The van der Waals surface area contributed by atoms with Crippen LogP contribution in [0.15, 0.2) is 59.4 Å². The SMILES string of the molecule is COc1ccc(OC)c(-c2ccc(=O)n(CC(=O)N3CCc4ccccc43)n2)c1. The number of fused-ring (bicyclic) bond motifs is 1. The van der Waals surface area contributed by atoms with Crippen LogP contribution in [-0.2, 0) is 17.8 Å². The number of aromatic nitrogens is 2. The number of anilines is 1. The zero-order valence-electron chi connectivity index (χ0n) is 16.3. The minimum absolute atomic E-state index is 0.132. The fraction of sp³-hybridized carbons (Fsp3) is 0.227. The van der Waals surface area contributed by atoms with Gasteiger partial charge in [-0.2, -0.15) is 5.10 Å². The molecular formula is C22H21N3O4. The van der Waals surface area contributed by atoms with Crippen LogP contribution in [0.5, 0.6) is 11.5 Å². The number of benzene rings is 2. The molecule has 2 aromatic carbocycles. The lowest BCUT2D eigenvalue weighted by atomic mass is 10.1. The summed E-state index contributed by atoms with van der Waals surface area (Å²) in [7, 11) is 3.14. The summed E-state index contributed by atoms with van der Waals surface area (Å²) in [5, 5.41) is 4.42. The minimum Gasteiger partial charge on any atom is -0.497 e. The molecule has 7 heteroatoms. The number of hydrogen-bond donors (Lipinski definition) is 0. The van der Waals surface area contributed by atoms with E-state index in [1.54, 1.807) is 43.4 Å². The van der Waals surface area contributed by atoms with Gasteiger partial charge in [-0.05, 0) is 42.3 Å². The summed E-state index contributed by atoms with van der Waals surface area (Å²) >= 11 is 0. The van der Waals surface area contributed by atoms with Crippen LogP contribution in [0.2, 0.25) is 0 Å². The Labute approximate surface area is 168 Å². The van der Waals surface area contributed by atoms with Crippen molar-refractivity contribution in [2.75, 3.05) is 25.7 Å². The van der Waals surface area contributed by atoms with Crippen molar-refractivity contribution in [2.24, 2.45) is 0 Å². The third-order valence-corrected chi connectivity index (χ3v) is 5.02. The topological polar surface area (TPSA) is 73.7 Å². The van der Waals surface area contributed by atoms with Crippen molar-refractivity contribution in [1.29, 1.82) is 0 Å². The van der Waals surface area contributed by atoms with E-state index in [4.69, 9.17) is 9.47 Å². The molecule has 0 saturated carbocycles. The number of carbonyl (C=O) groups excluding carboxylic acids is 1. The Morgan fingerprint density at radius 2 is 1.90 bits per heavy atom. The molecule has 2 heterocycles. The number of methoxy groups -OCH3 is 2. The van der Waals surface area contributed by atoms with Gasteiger partial charge >= 0.3 is 0 Å². The Morgan fingerprint density at radius 3 is 2.69 bits per heavy atom. The summed E-state index contributed by atoms with van der Waals surface area (Å²) in [4.78, 5) is 26.9. The predicted octanol–water partition coefficient (Wildman–Crippen LogP) is 2.52. The first-order chi connectivity index (χ1) is 14.1. The maximum Gasteiger partial charge on any atom is 0.267 e. The zero-order chi connectivity index (χ0) is 20.4. The summed E-state index contributed by atoms with van der Waals surface area (Å²) in [5.74, 6) is 1.08. The molecule has 0 atom stereocenters. The van der Waals surface area contributed by atoms with E-state index < -0.39 is 0 Å². The number of para-hydroxylation sites is 1. The zero-order valence-corrected chi connectivity index (χ0v) is 16.3. The molecule has 0 fully saturated rings. The summed E-state index contributed by atoms with van der Waals surface area (Å²) in [6.07, 6.45) is 0.811. The van der Waals surface area contributed by atoms with Gasteiger partial charge in [0.2, 0.25) is 5.91 Å². The van der Waals surface area contributed by atoms with E-state index >= 15 is 0 Å². The minimum atomic E-state index is -0.337. The molecule has 0 saturated heterocycles. The van der Waals surface area contributed by atoms with Gasteiger partial charge in [0.15, 0.2) is 0 Å². The van der Waals surface area contributed by atoms with Crippen LogP contribution >= 0.6 is 0 Å². The lowest BCUT2D eigenvalue weighted by Gasteiger charge is -2.18. The number of rotatable bonds is 5. The van der Waals surface area contributed by atoms with E-state index in [0.29, 0.717) is 29.3 Å². The van der Waals surface area contributed by atoms with Gasteiger partial charge in [0.05, 0.1) is 19.9 Å². The van der Waals surface area contributed by atoms with E-state index in [-0.39, 0.29) is 18.0 Å². The van der Waals surface area contributed by atoms with Gasteiger partial charge in [-0.3, -0.25) is 9.59 Å². The molecule has 0 bridgehead atoms. The van der Waals surface area contributed by atoms with Gasteiger partial charge in [0.1, 0.15) is 18.0 Å². The third kappa shape index (κ3) is 3.59. The average molecular weight is 391 g/mol. The van der Waals surface area contributed by atoms with E-state index in [1.165, 1.54) is 10.7 Å². The molecular weight excluding hydrogens is 370 g/mol. The fourth-order valence-corrected chi connectivity index (χ4v) is 3.53. The van der Waals surface area contributed by atoms with Gasteiger partial charge in [-0.15, -0.1) is 0 Å². The molecule has 3 aromatic rings. The Balaban J connectivity index is 1.65. The lowest BCUT2D eigenvalue weighted by Crippen LogP contribution is -2.36. The van der Waals surface area contributed by atoms with Crippen LogP contribution in [-0.4, -0.2) is 36.5 Å². The Hall–Kier alpha value is -3.61. The molecule has 0 spiro atoms. The second-order valence-electron chi connectivity index (χ2n) is 6.70. The molecule has 1 aliphatic heterocycles. The molecule has 4 rings (SSSR count). The van der Waals surface area contributed by atoms with E-state index in [1.807, 2.05) is 24.3 Å². The van der Waals surface area contributed by atoms with Crippen molar-refractivity contribution in [1.82, 2.24) is 9.78 Å². The second kappa shape index (κ2) is 7.79. The quantitative estimate of drug-likeness (QED) is 0.668. The van der Waals surface area contributed by atoms with Crippen molar-refractivity contribution in [3.05, 3.63) is 70.5 Å². The molecule has 1 amide bonds. The van der Waals surface area contributed by atoms with Crippen LogP contribution in [0.1, 0.15) is 5.56 Å². The largest absolute Gasteiger partial charge is 0.497 e. The lowest BCUT2D eigenvalue weighted by molar-refractivity contribution is -0.119. The highest BCUT2D eigenvalue weighted by molar-refractivity contribution is 5.95. The maximum atomic E-state index is 12.9. The van der Waals surface area contributed by atoms with Crippen LogP contribution in [0.4, 0.5) is 5.69 Å². The monoisotopic (exact) mass is 391 g/mol. The highest BCUT2D eigenvalue weighted by Gasteiger charge is 2.24. The van der Waals surface area contributed by atoms with E-state index in [0.717, 1.165) is 17.7 Å². The molecule has 7 nitrogen and oxygen atoms in total. The molecule has 0 unspecified atom stereocenters. The number of ether oxygens (including phenoxy) is 2. The third-order valence-electron chi connectivity index (χ3n) is 5.02. The molecule has 0 aliphatic carbocycles. The summed E-state index contributed by atoms with van der Waals surface area (Å²) in [6, 6.07) is 16.2. The van der Waals surface area contributed by atoms with Gasteiger partial charge in [-0.25, -0.2) is 4.68 Å². The molecule has 29 heavy (non-hydrogen) atoms. The van der Waals surface area contributed by atoms with Gasteiger partial charge in [0, 0.05) is 23.9 Å². The number of nitrogens with zero attached hydrogens (tertiary/aromatic N) is 3. The van der Waals surface area contributed by atoms with E-state index in [9.17, 15) is 9.59 Å². The Kier molecular flexibility index (Phi) is 5.03. The second-order valence-corrected chi connectivity index (χ2v) is 6.70. The predicted molar refractivity (Wildman–Crippen MR) is 110 cm³/mol. The first-order valence-electron chi connectivity index (χ1n) is 9.29. The fourth-order valence-electron chi connectivity index (χ4n) is 3.53. The van der Waals surface area contributed by atoms with E-state index in [2.05, 4.69) is 5.10 Å². The molecule has 0 radical (unpaired) electrons. The molecule has 1 aromatic heterocycles. The Bertz CT molecular complexity index is 1120. The molecule has 0 N–H and O–H groups in total. The molecule has 1 aliphatic rings. The highest BCUT2D eigenvalue weighted by atomic mass is 16.5. The average Bonchev–Trinajstić information content (AvgIpc) is 3.19. The Morgan fingerprint density at radius 1 is 1.07 bits per heavy atom. The summed E-state index contributed by atoms with van der Waals surface area (Å²) in [5.41, 5.74) is 2.90.